The van der Waals surface area contributed by atoms with Gasteiger partial charge < -0.3 is 10.0 Å². The average molecular weight is 325 g/mol. The van der Waals surface area contributed by atoms with Crippen molar-refractivity contribution >= 4 is 17.7 Å². The lowest BCUT2D eigenvalue weighted by Crippen LogP contribution is -2.48. The second-order valence-electron chi connectivity index (χ2n) is 6.31. The van der Waals surface area contributed by atoms with E-state index in [1.807, 2.05) is 29.2 Å². The van der Waals surface area contributed by atoms with Crippen molar-refractivity contribution in [3.63, 3.8) is 0 Å². The molecular formula is C19H19NO2S. The third kappa shape index (κ3) is 2.56. The van der Waals surface area contributed by atoms with Crippen molar-refractivity contribution in [2.24, 2.45) is 0 Å². The maximum Gasteiger partial charge on any atom is 0.256 e. The van der Waals surface area contributed by atoms with E-state index in [9.17, 15) is 9.90 Å². The standard InChI is InChI=1S/C19H19NO2S/c21-18(19(22)9-10-23-13-19)20-11-14-5-1-3-7-16(14)17-8-4-2-6-15(17)12-20/h1-8,22H,9-13H2. The molecule has 1 saturated heterocycles. The highest BCUT2D eigenvalue weighted by atomic mass is 32.2. The molecule has 1 atom stereocenters. The van der Waals surface area contributed by atoms with Gasteiger partial charge >= 0.3 is 0 Å². The third-order valence-electron chi connectivity index (χ3n) is 4.73. The molecule has 2 aliphatic rings. The molecule has 0 aliphatic carbocycles. The number of rotatable bonds is 1. The fraction of sp³-hybridized carbons (Fsp3) is 0.316. The molecule has 0 saturated carbocycles. The van der Waals surface area contributed by atoms with Crippen LogP contribution < -0.4 is 0 Å². The average Bonchev–Trinajstić information content (AvgIpc) is 2.95. The van der Waals surface area contributed by atoms with Crippen LogP contribution in [0, 0.1) is 0 Å². The number of thioether (sulfide) groups is 1. The Morgan fingerprint density at radius 3 is 2.09 bits per heavy atom. The van der Waals surface area contributed by atoms with Crippen molar-refractivity contribution in [3.8, 4) is 11.1 Å². The Bertz CT molecular complexity index is 705. The van der Waals surface area contributed by atoms with Crippen LogP contribution >= 0.6 is 11.8 Å². The summed E-state index contributed by atoms with van der Waals surface area (Å²) in [7, 11) is 0. The zero-order chi connectivity index (χ0) is 15.9. The zero-order valence-corrected chi connectivity index (χ0v) is 13.7. The second kappa shape index (κ2) is 5.69. The molecule has 1 amide bonds. The van der Waals surface area contributed by atoms with Gasteiger partial charge in [0, 0.05) is 18.8 Å². The number of hydrogen-bond donors (Lipinski definition) is 1. The molecule has 1 N–H and O–H groups in total. The van der Waals surface area contributed by atoms with Crippen LogP contribution in [0.25, 0.3) is 11.1 Å². The van der Waals surface area contributed by atoms with Crippen molar-refractivity contribution in [2.75, 3.05) is 11.5 Å². The van der Waals surface area contributed by atoms with Gasteiger partial charge in [-0.2, -0.15) is 11.8 Å². The molecule has 1 unspecified atom stereocenters. The molecule has 4 rings (SSSR count). The minimum atomic E-state index is -1.20. The van der Waals surface area contributed by atoms with Gasteiger partial charge in [0.15, 0.2) is 5.60 Å². The summed E-state index contributed by atoms with van der Waals surface area (Å²) in [5.74, 6) is 1.23. The quantitative estimate of drug-likeness (QED) is 0.876. The summed E-state index contributed by atoms with van der Waals surface area (Å²) in [5, 5.41) is 10.7. The summed E-state index contributed by atoms with van der Waals surface area (Å²) in [6, 6.07) is 16.5. The normalized spacial score (nSPS) is 23.1. The Kier molecular flexibility index (Phi) is 3.66. The van der Waals surface area contributed by atoms with E-state index in [1.54, 1.807) is 11.8 Å². The molecule has 4 heteroatoms. The first-order chi connectivity index (χ1) is 11.2. The maximum atomic E-state index is 13.0. The van der Waals surface area contributed by atoms with Crippen LogP contribution in [0.4, 0.5) is 0 Å². The van der Waals surface area contributed by atoms with E-state index in [0.29, 0.717) is 25.3 Å². The van der Waals surface area contributed by atoms with E-state index in [0.717, 1.165) is 16.9 Å². The fourth-order valence-electron chi connectivity index (χ4n) is 3.47. The summed E-state index contributed by atoms with van der Waals surface area (Å²) in [6.07, 6.45) is 0.552. The lowest BCUT2D eigenvalue weighted by atomic mass is 9.97. The minimum absolute atomic E-state index is 0.131. The SMILES string of the molecule is O=C(N1Cc2ccccc2-c2ccccc2C1)C1(O)CCSC1. The van der Waals surface area contributed by atoms with E-state index in [1.165, 1.54) is 11.1 Å². The molecule has 1 fully saturated rings. The summed E-state index contributed by atoms with van der Waals surface area (Å²) in [6.45, 7) is 1.10. The van der Waals surface area contributed by atoms with Gasteiger partial charge in [0.2, 0.25) is 0 Å². The zero-order valence-electron chi connectivity index (χ0n) is 12.9. The largest absolute Gasteiger partial charge is 0.379 e. The molecule has 0 aromatic heterocycles. The highest BCUT2D eigenvalue weighted by molar-refractivity contribution is 7.99. The Hall–Kier alpha value is -1.78. The van der Waals surface area contributed by atoms with E-state index in [2.05, 4.69) is 24.3 Å². The molecule has 0 bridgehead atoms. The van der Waals surface area contributed by atoms with Gasteiger partial charge in [-0.15, -0.1) is 0 Å². The van der Waals surface area contributed by atoms with E-state index in [4.69, 9.17) is 0 Å². The van der Waals surface area contributed by atoms with Crippen LogP contribution in [0.2, 0.25) is 0 Å². The Labute approximate surface area is 140 Å². The molecule has 2 heterocycles. The highest BCUT2D eigenvalue weighted by Crippen LogP contribution is 2.35. The van der Waals surface area contributed by atoms with Gasteiger partial charge in [-0.1, -0.05) is 48.5 Å². The Balaban J connectivity index is 1.77. The molecule has 2 aromatic carbocycles. The van der Waals surface area contributed by atoms with Gasteiger partial charge in [0.25, 0.3) is 5.91 Å². The number of carbonyl (C=O) groups excluding carboxylic acids is 1. The fourth-order valence-corrected chi connectivity index (χ4v) is 4.70. The molecule has 2 aromatic rings. The van der Waals surface area contributed by atoms with E-state index < -0.39 is 5.60 Å². The Morgan fingerprint density at radius 2 is 1.57 bits per heavy atom. The van der Waals surface area contributed by atoms with Crippen molar-refractivity contribution in [3.05, 3.63) is 59.7 Å². The lowest BCUT2D eigenvalue weighted by Gasteiger charge is -2.29. The van der Waals surface area contributed by atoms with Crippen molar-refractivity contribution in [1.29, 1.82) is 0 Å². The number of nitrogens with zero attached hydrogens (tertiary/aromatic N) is 1. The number of benzene rings is 2. The first-order valence-corrected chi connectivity index (χ1v) is 9.08. The van der Waals surface area contributed by atoms with Crippen molar-refractivity contribution < 1.29 is 9.90 Å². The van der Waals surface area contributed by atoms with Gasteiger partial charge in [0.05, 0.1) is 0 Å². The van der Waals surface area contributed by atoms with Gasteiger partial charge in [-0.25, -0.2) is 0 Å². The molecule has 0 spiro atoms. The maximum absolute atomic E-state index is 13.0. The number of aliphatic hydroxyl groups is 1. The van der Waals surface area contributed by atoms with Crippen LogP contribution in [-0.4, -0.2) is 33.0 Å². The monoisotopic (exact) mass is 325 g/mol. The highest BCUT2D eigenvalue weighted by Gasteiger charge is 2.42. The van der Waals surface area contributed by atoms with E-state index >= 15 is 0 Å². The van der Waals surface area contributed by atoms with Gasteiger partial charge in [-0.3, -0.25) is 4.79 Å². The van der Waals surface area contributed by atoms with Gasteiger partial charge in [0.1, 0.15) is 0 Å². The molecule has 2 aliphatic heterocycles. The second-order valence-corrected chi connectivity index (χ2v) is 7.41. The summed E-state index contributed by atoms with van der Waals surface area (Å²) < 4.78 is 0. The van der Waals surface area contributed by atoms with E-state index in [-0.39, 0.29) is 5.91 Å². The first kappa shape index (κ1) is 14.8. The number of hydrogen-bond acceptors (Lipinski definition) is 3. The molecule has 23 heavy (non-hydrogen) atoms. The molecule has 0 radical (unpaired) electrons. The summed E-state index contributed by atoms with van der Waals surface area (Å²) in [4.78, 5) is 14.8. The molecular weight excluding hydrogens is 306 g/mol. The van der Waals surface area contributed by atoms with Crippen LogP contribution in [0.1, 0.15) is 17.5 Å². The topological polar surface area (TPSA) is 40.5 Å². The number of amides is 1. The van der Waals surface area contributed by atoms with Crippen molar-refractivity contribution in [2.45, 2.75) is 25.1 Å². The Morgan fingerprint density at radius 1 is 1.00 bits per heavy atom. The predicted octanol–water partition coefficient (Wildman–Crippen LogP) is 3.06. The lowest BCUT2D eigenvalue weighted by molar-refractivity contribution is -0.150. The number of fused-ring (bicyclic) bond motifs is 3. The summed E-state index contributed by atoms with van der Waals surface area (Å²) in [5.41, 5.74) is 3.45. The third-order valence-corrected chi connectivity index (χ3v) is 5.91. The number of carbonyl (C=O) groups is 1. The van der Waals surface area contributed by atoms with Crippen molar-refractivity contribution in [1.82, 2.24) is 4.90 Å². The first-order valence-electron chi connectivity index (χ1n) is 7.93. The molecule has 3 nitrogen and oxygen atoms in total. The minimum Gasteiger partial charge on any atom is -0.379 e. The smallest absolute Gasteiger partial charge is 0.256 e. The van der Waals surface area contributed by atoms with Crippen LogP contribution in [0.5, 0.6) is 0 Å². The van der Waals surface area contributed by atoms with Crippen LogP contribution in [0.3, 0.4) is 0 Å². The predicted molar refractivity (Wildman–Crippen MR) is 93.0 cm³/mol. The van der Waals surface area contributed by atoms with Crippen LogP contribution in [0.15, 0.2) is 48.5 Å². The van der Waals surface area contributed by atoms with Gasteiger partial charge in [-0.05, 0) is 34.4 Å². The molecule has 118 valence electrons. The van der Waals surface area contributed by atoms with Crippen LogP contribution in [-0.2, 0) is 17.9 Å². The summed E-state index contributed by atoms with van der Waals surface area (Å²) >= 11 is 1.65.